The van der Waals surface area contributed by atoms with Crippen LogP contribution in [0.3, 0.4) is 0 Å². The molecule has 0 saturated carbocycles. The number of nitrogens with zero attached hydrogens (tertiary/aromatic N) is 1. The summed E-state index contributed by atoms with van der Waals surface area (Å²) in [6.45, 7) is 4.09. The number of carbonyl (C=O) groups is 1. The Morgan fingerprint density at radius 2 is 2.10 bits per heavy atom. The molecule has 1 heterocycles. The lowest BCUT2D eigenvalue weighted by molar-refractivity contribution is -0.114. The predicted molar refractivity (Wildman–Crippen MR) is 87.5 cm³/mol. The van der Waals surface area contributed by atoms with Crippen LogP contribution in [0.2, 0.25) is 0 Å². The van der Waals surface area contributed by atoms with Gasteiger partial charge in [-0.1, -0.05) is 34.1 Å². The van der Waals surface area contributed by atoms with Crippen molar-refractivity contribution in [1.82, 2.24) is 4.31 Å². The number of ketones is 1. The molecule has 0 N–H and O–H groups in total. The van der Waals surface area contributed by atoms with Crippen molar-refractivity contribution in [1.29, 1.82) is 0 Å². The molecule has 0 amide bonds. The number of aryl methyl sites for hydroxylation is 1. The van der Waals surface area contributed by atoms with Crippen LogP contribution in [0.5, 0.6) is 0 Å². The normalized spacial score (nSPS) is 16.6. The Labute approximate surface area is 134 Å². The van der Waals surface area contributed by atoms with E-state index >= 15 is 0 Å². The quantitative estimate of drug-likeness (QED) is 0.817. The number of Topliss-reactive ketones (excluding diaryl/α,β-unsaturated/α-hetero) is 1. The molecule has 0 fully saturated rings. The van der Waals surface area contributed by atoms with Crippen LogP contribution >= 0.6 is 15.9 Å². The van der Waals surface area contributed by atoms with Crippen molar-refractivity contribution >= 4 is 37.3 Å². The molecule has 4 nitrogen and oxygen atoms in total. The third-order valence-corrected chi connectivity index (χ3v) is 6.26. The highest BCUT2D eigenvalue weighted by Crippen LogP contribution is 2.27. The summed E-state index contributed by atoms with van der Waals surface area (Å²) in [5.74, 6) is -0.735. The topological polar surface area (TPSA) is 54.5 Å². The van der Waals surface area contributed by atoms with Crippen LogP contribution in [-0.2, 0) is 14.8 Å². The van der Waals surface area contributed by atoms with Crippen LogP contribution in [0.4, 0.5) is 0 Å². The molecule has 21 heavy (non-hydrogen) atoms. The molecule has 2 rings (SSSR count). The van der Waals surface area contributed by atoms with Gasteiger partial charge in [0.1, 0.15) is 11.5 Å². The van der Waals surface area contributed by atoms with Crippen LogP contribution in [0, 0.1) is 6.92 Å². The van der Waals surface area contributed by atoms with Gasteiger partial charge in [0.05, 0.1) is 0 Å². The van der Waals surface area contributed by atoms with Gasteiger partial charge in [-0.3, -0.25) is 4.79 Å². The molecule has 114 valence electrons. The zero-order valence-corrected chi connectivity index (χ0v) is 14.5. The molecular weight excluding hydrogens is 354 g/mol. The van der Waals surface area contributed by atoms with E-state index in [1.807, 2.05) is 25.1 Å². The maximum atomic E-state index is 12.0. The summed E-state index contributed by atoms with van der Waals surface area (Å²) in [4.78, 5) is 11.0. The first-order valence-corrected chi connectivity index (χ1v) is 9.12. The molecular formula is C15H18BrNO3S. The van der Waals surface area contributed by atoms with E-state index in [-0.39, 0.29) is 5.78 Å². The van der Waals surface area contributed by atoms with E-state index < -0.39 is 15.8 Å². The fourth-order valence-corrected chi connectivity index (χ4v) is 3.97. The van der Waals surface area contributed by atoms with E-state index in [0.29, 0.717) is 19.5 Å². The van der Waals surface area contributed by atoms with Crippen molar-refractivity contribution in [3.05, 3.63) is 39.9 Å². The van der Waals surface area contributed by atoms with E-state index in [1.165, 1.54) is 11.2 Å². The maximum Gasteiger partial charge on any atom is 0.221 e. The highest BCUT2D eigenvalue weighted by molar-refractivity contribution is 9.10. The third kappa shape index (κ3) is 4.02. The Hall–Kier alpha value is -0.980. The van der Waals surface area contributed by atoms with Gasteiger partial charge in [0.15, 0.2) is 0 Å². The van der Waals surface area contributed by atoms with Gasteiger partial charge < -0.3 is 0 Å². The van der Waals surface area contributed by atoms with Crippen molar-refractivity contribution in [3.63, 3.8) is 0 Å². The SMILES string of the molecule is CC(=O)CS(=O)(=O)N1CC=C(c2ccc(Br)c(C)c2)CC1. The average Bonchev–Trinajstić information content (AvgIpc) is 2.41. The molecule has 1 aromatic carbocycles. The van der Waals surface area contributed by atoms with Crippen molar-refractivity contribution in [2.75, 3.05) is 18.8 Å². The van der Waals surface area contributed by atoms with Gasteiger partial charge in [-0.05, 0) is 43.0 Å². The fraction of sp³-hybridized carbons (Fsp3) is 0.400. The second kappa shape index (κ2) is 6.42. The second-order valence-corrected chi connectivity index (χ2v) is 8.08. The van der Waals surface area contributed by atoms with Crippen LogP contribution in [0.15, 0.2) is 28.7 Å². The molecule has 0 aromatic heterocycles. The van der Waals surface area contributed by atoms with Crippen molar-refractivity contribution < 1.29 is 13.2 Å². The molecule has 0 radical (unpaired) electrons. The highest BCUT2D eigenvalue weighted by atomic mass is 79.9. The molecule has 0 atom stereocenters. The van der Waals surface area contributed by atoms with Gasteiger partial charge in [0.25, 0.3) is 0 Å². The standard InChI is InChI=1S/C15H18BrNO3S/c1-11-9-14(3-4-15(11)16)13-5-7-17(8-6-13)21(19,20)10-12(2)18/h3-5,9H,6-8,10H2,1-2H3. The second-order valence-electron chi connectivity index (χ2n) is 5.26. The van der Waals surface area contributed by atoms with Gasteiger partial charge in [-0.15, -0.1) is 0 Å². The summed E-state index contributed by atoms with van der Waals surface area (Å²) in [5, 5.41) is 0. The zero-order chi connectivity index (χ0) is 15.6. The minimum Gasteiger partial charge on any atom is -0.299 e. The Morgan fingerprint density at radius 3 is 2.62 bits per heavy atom. The Morgan fingerprint density at radius 1 is 1.38 bits per heavy atom. The molecule has 0 bridgehead atoms. The summed E-state index contributed by atoms with van der Waals surface area (Å²) in [6.07, 6.45) is 2.60. The van der Waals surface area contributed by atoms with E-state index in [0.717, 1.165) is 21.2 Å². The van der Waals surface area contributed by atoms with Gasteiger partial charge in [0.2, 0.25) is 10.0 Å². The number of hydrogen-bond acceptors (Lipinski definition) is 3. The number of hydrogen-bond donors (Lipinski definition) is 0. The smallest absolute Gasteiger partial charge is 0.221 e. The molecule has 0 saturated heterocycles. The third-order valence-electron chi connectivity index (χ3n) is 3.48. The van der Waals surface area contributed by atoms with Crippen LogP contribution < -0.4 is 0 Å². The van der Waals surface area contributed by atoms with E-state index in [4.69, 9.17) is 0 Å². The van der Waals surface area contributed by atoms with Crippen LogP contribution in [0.25, 0.3) is 5.57 Å². The largest absolute Gasteiger partial charge is 0.299 e. The predicted octanol–water partition coefficient (Wildman–Crippen LogP) is 2.77. The summed E-state index contributed by atoms with van der Waals surface area (Å²) >= 11 is 3.47. The molecule has 0 unspecified atom stereocenters. The van der Waals surface area contributed by atoms with Gasteiger partial charge in [-0.25, -0.2) is 8.42 Å². The molecule has 1 aliphatic heterocycles. The van der Waals surface area contributed by atoms with E-state index in [9.17, 15) is 13.2 Å². The molecule has 6 heteroatoms. The van der Waals surface area contributed by atoms with Gasteiger partial charge in [-0.2, -0.15) is 4.31 Å². The van der Waals surface area contributed by atoms with E-state index in [2.05, 4.69) is 22.0 Å². The fourth-order valence-electron chi connectivity index (χ4n) is 2.36. The molecule has 0 aliphatic carbocycles. The first-order valence-electron chi connectivity index (χ1n) is 6.72. The van der Waals surface area contributed by atoms with Gasteiger partial charge >= 0.3 is 0 Å². The number of sulfonamides is 1. The van der Waals surface area contributed by atoms with E-state index in [1.54, 1.807) is 0 Å². The molecule has 1 aromatic rings. The summed E-state index contributed by atoms with van der Waals surface area (Å²) < 4.78 is 26.5. The summed E-state index contributed by atoms with van der Waals surface area (Å²) in [6, 6.07) is 6.13. The number of rotatable bonds is 4. The highest BCUT2D eigenvalue weighted by Gasteiger charge is 2.25. The Bertz CT molecular complexity index is 695. The van der Waals surface area contributed by atoms with Crippen LogP contribution in [-0.4, -0.2) is 37.3 Å². The van der Waals surface area contributed by atoms with Crippen LogP contribution in [0.1, 0.15) is 24.5 Å². The van der Waals surface area contributed by atoms with Gasteiger partial charge in [0, 0.05) is 17.6 Å². The van der Waals surface area contributed by atoms with Crippen molar-refractivity contribution in [2.45, 2.75) is 20.3 Å². The lowest BCUT2D eigenvalue weighted by Crippen LogP contribution is -2.37. The number of carbonyl (C=O) groups excluding carboxylic acids is 1. The monoisotopic (exact) mass is 371 g/mol. The Kier molecular flexibility index (Phi) is 5.01. The van der Waals surface area contributed by atoms with Crippen molar-refractivity contribution in [3.8, 4) is 0 Å². The minimum atomic E-state index is -3.47. The zero-order valence-electron chi connectivity index (χ0n) is 12.1. The first kappa shape index (κ1) is 16.4. The number of halogens is 1. The average molecular weight is 372 g/mol. The molecule has 0 spiro atoms. The van der Waals surface area contributed by atoms with Crippen molar-refractivity contribution in [2.24, 2.45) is 0 Å². The summed E-state index contributed by atoms with van der Waals surface area (Å²) in [5.41, 5.74) is 3.43. The first-order chi connectivity index (χ1) is 9.79. The number of benzene rings is 1. The maximum absolute atomic E-state index is 12.0. The molecule has 1 aliphatic rings. The lowest BCUT2D eigenvalue weighted by Gasteiger charge is -2.25. The Balaban J connectivity index is 2.15. The summed E-state index contributed by atoms with van der Waals surface area (Å²) in [7, 11) is -3.47. The lowest BCUT2D eigenvalue weighted by atomic mass is 9.99. The minimum absolute atomic E-state index is 0.326.